The smallest absolute Gasteiger partial charge is 0.459 e. The summed E-state index contributed by atoms with van der Waals surface area (Å²) in [5.41, 5.74) is -0.613. The fraction of sp³-hybridized carbons (Fsp3) is 0.462. The Morgan fingerprint density at radius 2 is 1.98 bits per heavy atom. The van der Waals surface area contributed by atoms with Crippen LogP contribution in [0.15, 0.2) is 48.8 Å². The van der Waals surface area contributed by atoms with Crippen LogP contribution in [0, 0.1) is 16.7 Å². The van der Waals surface area contributed by atoms with Gasteiger partial charge in [0.25, 0.3) is 0 Å². The normalized spacial score (nSPS) is 28.5. The molecule has 3 heterocycles. The van der Waals surface area contributed by atoms with E-state index in [-0.39, 0.29) is 17.3 Å². The molecule has 14 nitrogen and oxygen atoms in total. The van der Waals surface area contributed by atoms with Crippen LogP contribution in [0.1, 0.15) is 32.6 Å². The van der Waals surface area contributed by atoms with E-state index in [0.29, 0.717) is 5.52 Å². The SMILES string of the molecule is C[C@H](N[P@](=O)(Oc1ccccc1)OC1[C@@]2(C#N)O[C@@H](c3ccc4c(N)ncnn34)[C@H](O)[C@@]12O)C(=O)OCC(C)(C)C(F)(F)F. The second-order valence-corrected chi connectivity index (χ2v) is 12.7. The van der Waals surface area contributed by atoms with Crippen molar-refractivity contribution in [2.24, 2.45) is 5.41 Å². The van der Waals surface area contributed by atoms with Crippen molar-refractivity contribution in [1.29, 1.82) is 5.26 Å². The molecule has 1 saturated heterocycles. The number of alkyl halides is 3. The Labute approximate surface area is 248 Å². The molecule has 2 aliphatic rings. The van der Waals surface area contributed by atoms with Crippen molar-refractivity contribution in [3.05, 3.63) is 54.5 Å². The minimum absolute atomic E-state index is 0.0258. The molecule has 1 aliphatic carbocycles. The summed E-state index contributed by atoms with van der Waals surface area (Å²) in [7, 11) is -4.76. The predicted octanol–water partition coefficient (Wildman–Crippen LogP) is 2.43. The number of hydrogen-bond acceptors (Lipinski definition) is 12. The van der Waals surface area contributed by atoms with Crippen molar-refractivity contribution in [2.75, 3.05) is 12.3 Å². The molecule has 5 rings (SSSR count). The fourth-order valence-electron chi connectivity index (χ4n) is 4.77. The van der Waals surface area contributed by atoms with Gasteiger partial charge in [0.1, 0.15) is 48.5 Å². The van der Waals surface area contributed by atoms with Crippen molar-refractivity contribution in [2.45, 2.75) is 62.5 Å². The van der Waals surface area contributed by atoms with E-state index >= 15 is 0 Å². The van der Waals surface area contributed by atoms with Crippen LogP contribution in [0.2, 0.25) is 0 Å². The highest BCUT2D eigenvalue weighted by Crippen LogP contribution is 2.68. The number of halogens is 3. The Morgan fingerprint density at radius 3 is 2.59 bits per heavy atom. The number of carbonyl (C=O) groups excluding carboxylic acids is 1. The van der Waals surface area contributed by atoms with Crippen LogP contribution in [0.4, 0.5) is 19.0 Å². The molecule has 0 spiro atoms. The number of aromatic nitrogens is 3. The van der Waals surface area contributed by atoms with Crippen LogP contribution in [-0.2, 0) is 23.4 Å². The van der Waals surface area contributed by atoms with Crippen LogP contribution in [0.3, 0.4) is 0 Å². The first-order chi connectivity index (χ1) is 20.5. The maximum Gasteiger partial charge on any atom is 0.459 e. The minimum atomic E-state index is -4.76. The highest BCUT2D eigenvalue weighted by atomic mass is 31.2. The van der Waals surface area contributed by atoms with Crippen LogP contribution in [0.5, 0.6) is 5.75 Å². The molecule has 1 aromatic carbocycles. The number of hydrogen-bond donors (Lipinski definition) is 4. The Morgan fingerprint density at radius 1 is 1.30 bits per heavy atom. The first-order valence-corrected chi connectivity index (χ1v) is 14.7. The zero-order valence-corrected chi connectivity index (χ0v) is 24.3. The molecule has 2 fully saturated rings. The number of rotatable bonds is 10. The molecule has 7 atom stereocenters. The van der Waals surface area contributed by atoms with Crippen molar-refractivity contribution in [3.8, 4) is 11.8 Å². The number of para-hydroxylation sites is 1. The summed E-state index contributed by atoms with van der Waals surface area (Å²) >= 11 is 0. The van der Waals surface area contributed by atoms with Gasteiger partial charge in [0, 0.05) is 0 Å². The van der Waals surface area contributed by atoms with Gasteiger partial charge in [-0.15, -0.1) is 0 Å². The third-order valence-corrected chi connectivity index (χ3v) is 9.20. The monoisotopic (exact) mass is 640 g/mol. The van der Waals surface area contributed by atoms with Crippen LogP contribution >= 0.6 is 7.75 Å². The van der Waals surface area contributed by atoms with Gasteiger partial charge in [-0.1, -0.05) is 18.2 Å². The number of nitrogens with one attached hydrogen (secondary N) is 1. The lowest BCUT2D eigenvalue weighted by molar-refractivity contribution is -0.226. The van der Waals surface area contributed by atoms with Crippen LogP contribution in [0.25, 0.3) is 5.52 Å². The van der Waals surface area contributed by atoms with Gasteiger partial charge in [0.15, 0.2) is 17.5 Å². The largest absolute Gasteiger partial charge is 0.464 e. The molecule has 1 unspecified atom stereocenters. The first-order valence-electron chi connectivity index (χ1n) is 13.1. The Bertz CT molecular complexity index is 1670. The highest BCUT2D eigenvalue weighted by Gasteiger charge is 2.90. The minimum Gasteiger partial charge on any atom is -0.464 e. The molecule has 0 radical (unpaired) electrons. The molecular formula is C26H28F3N6O8P. The predicted molar refractivity (Wildman–Crippen MR) is 143 cm³/mol. The molecule has 0 amide bonds. The average molecular weight is 641 g/mol. The number of esters is 1. The van der Waals surface area contributed by atoms with E-state index in [2.05, 4.69) is 15.2 Å². The van der Waals surface area contributed by atoms with E-state index in [1.165, 1.54) is 34.8 Å². The molecule has 236 valence electrons. The second-order valence-electron chi connectivity index (χ2n) is 11.1. The summed E-state index contributed by atoms with van der Waals surface area (Å²) < 4.78 is 76.8. The molecule has 44 heavy (non-hydrogen) atoms. The fourth-order valence-corrected chi connectivity index (χ4v) is 6.50. The van der Waals surface area contributed by atoms with E-state index in [4.69, 9.17) is 24.3 Å². The second kappa shape index (κ2) is 10.7. The van der Waals surface area contributed by atoms with Crippen LogP contribution < -0.4 is 15.3 Å². The summed E-state index contributed by atoms with van der Waals surface area (Å²) in [4.78, 5) is 16.5. The van der Waals surface area contributed by atoms with Crippen molar-refractivity contribution in [3.63, 3.8) is 0 Å². The number of ether oxygens (including phenoxy) is 2. The Balaban J connectivity index is 1.38. The molecule has 3 aromatic rings. The molecule has 18 heteroatoms. The molecule has 5 N–H and O–H groups in total. The number of nitrogens with zero attached hydrogens (tertiary/aromatic N) is 4. The molecule has 2 aromatic heterocycles. The number of anilines is 1. The van der Waals surface area contributed by atoms with Crippen molar-refractivity contribution < 1.29 is 51.3 Å². The van der Waals surface area contributed by atoms with E-state index in [1.807, 2.05) is 0 Å². The molecular weight excluding hydrogens is 612 g/mol. The lowest BCUT2D eigenvalue weighted by Crippen LogP contribution is -2.41. The molecule has 1 aliphatic heterocycles. The lowest BCUT2D eigenvalue weighted by Gasteiger charge is -2.28. The first kappa shape index (κ1) is 31.6. The van der Waals surface area contributed by atoms with Gasteiger partial charge in [-0.25, -0.2) is 14.1 Å². The Kier molecular flexibility index (Phi) is 7.68. The zero-order chi connectivity index (χ0) is 32.3. The summed E-state index contributed by atoms with van der Waals surface area (Å²) in [5.74, 6) is -1.12. The summed E-state index contributed by atoms with van der Waals surface area (Å²) in [6.45, 7) is 1.80. The average Bonchev–Trinajstić information content (AvgIpc) is 3.21. The van der Waals surface area contributed by atoms with E-state index in [9.17, 15) is 38.0 Å². The van der Waals surface area contributed by atoms with Gasteiger partial charge in [-0.3, -0.25) is 9.32 Å². The van der Waals surface area contributed by atoms with Gasteiger partial charge in [-0.2, -0.15) is 28.6 Å². The molecule has 0 bridgehead atoms. The van der Waals surface area contributed by atoms with E-state index < -0.39 is 67.5 Å². The number of nitriles is 1. The Hall–Kier alpha value is -3.78. The maximum absolute atomic E-state index is 14.0. The van der Waals surface area contributed by atoms with E-state index in [1.54, 1.807) is 18.2 Å². The summed E-state index contributed by atoms with van der Waals surface area (Å²) in [5, 5.41) is 39.1. The number of aliphatic hydroxyl groups is 2. The van der Waals surface area contributed by atoms with Crippen molar-refractivity contribution in [1.82, 2.24) is 19.7 Å². The summed E-state index contributed by atoms with van der Waals surface area (Å²) in [6, 6.07) is 10.7. The quantitative estimate of drug-likeness (QED) is 0.186. The molecule has 1 saturated carbocycles. The van der Waals surface area contributed by atoms with E-state index in [0.717, 1.165) is 27.1 Å². The topological polar surface area (TPSA) is 204 Å². The van der Waals surface area contributed by atoms with Gasteiger partial charge >= 0.3 is 19.9 Å². The summed E-state index contributed by atoms with van der Waals surface area (Å²) in [6.07, 6.45) is -8.42. The number of nitrogen functional groups attached to an aromatic ring is 1. The number of nitrogens with two attached hydrogens (primary N) is 1. The zero-order valence-electron chi connectivity index (χ0n) is 23.4. The highest BCUT2D eigenvalue weighted by molar-refractivity contribution is 7.52. The number of carbonyl (C=O) groups is 1. The number of benzene rings is 1. The standard InChI is InChI=1S/C26H28F3N6O8P/c1-14(21(37)40-12-23(2,3)26(27,28)29)34-44(39,42-15-7-5-4-6-8-15)43-22-24(11-30)25(22,38)19(36)18(41-24)16-9-10-17-20(31)32-13-33-35(16)17/h4-10,13-14,18-19,22,36,38H,12H2,1-3H3,(H,34,39)(H2,31,32,33)/t14-,18-,19-,22?,24+,25+,44-/m0/s1. The van der Waals surface area contributed by atoms with Gasteiger partial charge in [0.2, 0.25) is 5.60 Å². The van der Waals surface area contributed by atoms with Gasteiger partial charge in [0.05, 0.1) is 11.1 Å². The third kappa shape index (κ3) is 5.07. The number of fused-ring (bicyclic) bond motifs is 2. The maximum atomic E-state index is 14.0. The van der Waals surface area contributed by atoms with Crippen molar-refractivity contribution >= 4 is 25.1 Å². The van der Waals surface area contributed by atoms with Gasteiger partial charge in [-0.05, 0) is 45.0 Å². The lowest BCUT2D eigenvalue weighted by atomic mass is 9.94. The van der Waals surface area contributed by atoms with Crippen LogP contribution in [-0.4, -0.2) is 73.0 Å². The third-order valence-electron chi connectivity index (χ3n) is 7.56. The number of aliphatic hydroxyl groups excluding tert-OH is 1. The van der Waals surface area contributed by atoms with Gasteiger partial charge < -0.3 is 29.9 Å².